The second-order valence-electron chi connectivity index (χ2n) is 4.83. The van der Waals surface area contributed by atoms with Gasteiger partial charge in [0.25, 0.3) is 5.69 Å². The number of carbonyl (C=O) groups excluding carboxylic acids is 1. The Morgan fingerprint density at radius 1 is 1.30 bits per heavy atom. The topological polar surface area (TPSA) is 127 Å². The average molecular weight is 341 g/mol. The first-order chi connectivity index (χ1) is 10.9. The van der Waals surface area contributed by atoms with Crippen LogP contribution in [0.3, 0.4) is 0 Å². The van der Waals surface area contributed by atoms with Crippen LogP contribution < -0.4 is 5.73 Å². The summed E-state index contributed by atoms with van der Waals surface area (Å²) in [4.78, 5) is 33.3. The van der Waals surface area contributed by atoms with Gasteiger partial charge >= 0.3 is 12.0 Å². The Kier molecular flexibility index (Phi) is 7.33. The van der Waals surface area contributed by atoms with E-state index in [1.807, 2.05) is 0 Å². The van der Waals surface area contributed by atoms with Crippen molar-refractivity contribution in [2.45, 2.75) is 24.2 Å². The molecular formula is C14H19N3O5S. The molecule has 1 aromatic rings. The number of carbonyl (C=O) groups is 2. The number of likely N-dealkylation sites (tertiary alicyclic amines) is 1. The standard InChI is InChI=1S/C8H7NO4S.C6H12N2O/c1-14-5-2-3-6(8(10)11)7(4-5)9(12)13;7-6(9)8-4-2-1-3-5-8/h2-4H,1H3,(H,10,11);1-5H2,(H2,7,9). The third-order valence-corrected chi connectivity index (χ3v) is 4.03. The summed E-state index contributed by atoms with van der Waals surface area (Å²) in [5, 5.41) is 19.2. The van der Waals surface area contributed by atoms with Gasteiger partial charge < -0.3 is 15.7 Å². The molecule has 9 heteroatoms. The first-order valence-electron chi connectivity index (χ1n) is 6.97. The number of nitro benzene ring substituents is 1. The Hall–Kier alpha value is -2.29. The van der Waals surface area contributed by atoms with Gasteiger partial charge in [-0.1, -0.05) is 0 Å². The highest BCUT2D eigenvalue weighted by Gasteiger charge is 2.19. The van der Waals surface area contributed by atoms with Crippen molar-refractivity contribution >= 4 is 29.4 Å². The van der Waals surface area contributed by atoms with E-state index in [0.29, 0.717) is 4.90 Å². The third-order valence-electron chi connectivity index (χ3n) is 3.30. The number of nitro groups is 1. The Labute approximate surface area is 137 Å². The Bertz CT molecular complexity index is 588. The van der Waals surface area contributed by atoms with Crippen LogP contribution in [0.15, 0.2) is 23.1 Å². The van der Waals surface area contributed by atoms with E-state index in [9.17, 15) is 19.7 Å². The second kappa shape index (κ2) is 8.99. The lowest BCUT2D eigenvalue weighted by Crippen LogP contribution is -2.39. The molecular weight excluding hydrogens is 322 g/mol. The normalized spacial score (nSPS) is 13.7. The van der Waals surface area contributed by atoms with Gasteiger partial charge in [-0.2, -0.15) is 0 Å². The molecule has 0 aromatic heterocycles. The predicted molar refractivity (Wildman–Crippen MR) is 86.8 cm³/mol. The monoisotopic (exact) mass is 341 g/mol. The SMILES string of the molecule is CSc1ccc(C(=O)O)c([N+](=O)[O-])c1.NC(=O)N1CCCCC1. The maximum absolute atomic E-state index is 10.6. The number of thioether (sulfide) groups is 1. The fraction of sp³-hybridized carbons (Fsp3) is 0.429. The van der Waals surface area contributed by atoms with E-state index in [1.54, 1.807) is 17.2 Å². The minimum atomic E-state index is -1.29. The zero-order chi connectivity index (χ0) is 17.4. The van der Waals surface area contributed by atoms with E-state index < -0.39 is 10.9 Å². The highest BCUT2D eigenvalue weighted by molar-refractivity contribution is 7.98. The van der Waals surface area contributed by atoms with E-state index in [2.05, 4.69) is 0 Å². The molecule has 1 aromatic carbocycles. The quantitative estimate of drug-likeness (QED) is 0.494. The highest BCUT2D eigenvalue weighted by Crippen LogP contribution is 2.25. The summed E-state index contributed by atoms with van der Waals surface area (Å²) in [6, 6.07) is 3.77. The van der Waals surface area contributed by atoms with Crippen LogP contribution in [0.4, 0.5) is 10.5 Å². The minimum absolute atomic E-state index is 0.269. The molecule has 0 bridgehead atoms. The molecule has 0 atom stereocenters. The largest absolute Gasteiger partial charge is 0.477 e. The van der Waals surface area contributed by atoms with Crippen LogP contribution in [0.2, 0.25) is 0 Å². The summed E-state index contributed by atoms with van der Waals surface area (Å²) < 4.78 is 0. The third kappa shape index (κ3) is 5.78. The Balaban J connectivity index is 0.000000253. The van der Waals surface area contributed by atoms with Crippen LogP contribution >= 0.6 is 11.8 Å². The summed E-state index contributed by atoms with van der Waals surface area (Å²) in [5.74, 6) is -1.29. The number of nitrogens with zero attached hydrogens (tertiary/aromatic N) is 2. The van der Waals surface area contributed by atoms with E-state index in [0.717, 1.165) is 25.9 Å². The van der Waals surface area contributed by atoms with Crippen molar-refractivity contribution in [3.05, 3.63) is 33.9 Å². The van der Waals surface area contributed by atoms with Crippen LogP contribution in [0.25, 0.3) is 0 Å². The number of carboxylic acids is 1. The van der Waals surface area contributed by atoms with Gasteiger partial charge in [0.05, 0.1) is 4.92 Å². The van der Waals surface area contributed by atoms with Crippen molar-refractivity contribution < 1.29 is 19.6 Å². The number of aromatic carboxylic acids is 1. The number of hydrogen-bond donors (Lipinski definition) is 2. The molecule has 126 valence electrons. The van der Waals surface area contributed by atoms with E-state index in [-0.39, 0.29) is 17.3 Å². The number of benzene rings is 1. The van der Waals surface area contributed by atoms with Gasteiger partial charge in [-0.25, -0.2) is 9.59 Å². The first kappa shape index (κ1) is 18.8. The van der Waals surface area contributed by atoms with Crippen molar-refractivity contribution in [3.8, 4) is 0 Å². The second-order valence-corrected chi connectivity index (χ2v) is 5.71. The number of primary amides is 1. The van der Waals surface area contributed by atoms with Crippen molar-refractivity contribution in [3.63, 3.8) is 0 Å². The number of nitrogens with two attached hydrogens (primary N) is 1. The minimum Gasteiger partial charge on any atom is -0.477 e. The summed E-state index contributed by atoms with van der Waals surface area (Å²) in [5.41, 5.74) is 4.40. The van der Waals surface area contributed by atoms with Crippen molar-refractivity contribution in [1.82, 2.24) is 4.90 Å². The van der Waals surface area contributed by atoms with Crippen molar-refractivity contribution in [2.75, 3.05) is 19.3 Å². The fourth-order valence-corrected chi connectivity index (χ4v) is 2.52. The van der Waals surface area contributed by atoms with Gasteiger partial charge in [0.1, 0.15) is 5.56 Å². The lowest BCUT2D eigenvalue weighted by Gasteiger charge is -2.24. The molecule has 0 radical (unpaired) electrons. The van der Waals surface area contributed by atoms with Gasteiger partial charge in [-0.05, 0) is 37.7 Å². The lowest BCUT2D eigenvalue weighted by atomic mass is 10.1. The van der Waals surface area contributed by atoms with Crippen LogP contribution in [-0.4, -0.2) is 46.3 Å². The molecule has 1 aliphatic heterocycles. The molecule has 1 saturated heterocycles. The molecule has 1 fully saturated rings. The molecule has 3 N–H and O–H groups in total. The zero-order valence-corrected chi connectivity index (χ0v) is 13.5. The number of amides is 2. The van der Waals surface area contributed by atoms with E-state index in [1.165, 1.54) is 30.3 Å². The predicted octanol–water partition coefficient (Wildman–Crippen LogP) is 2.57. The molecule has 0 saturated carbocycles. The van der Waals surface area contributed by atoms with Crippen molar-refractivity contribution in [1.29, 1.82) is 0 Å². The molecule has 1 heterocycles. The maximum atomic E-state index is 10.6. The van der Waals surface area contributed by atoms with Gasteiger partial charge in [-0.3, -0.25) is 10.1 Å². The smallest absolute Gasteiger partial charge is 0.342 e. The summed E-state index contributed by atoms with van der Waals surface area (Å²) in [6.45, 7) is 1.71. The lowest BCUT2D eigenvalue weighted by molar-refractivity contribution is -0.385. The van der Waals surface area contributed by atoms with Crippen LogP contribution in [0, 0.1) is 10.1 Å². The number of carboxylic acid groups (broad SMARTS) is 1. The average Bonchev–Trinajstić information content (AvgIpc) is 2.55. The Morgan fingerprint density at radius 3 is 2.30 bits per heavy atom. The molecule has 0 unspecified atom stereocenters. The summed E-state index contributed by atoms with van der Waals surface area (Å²) >= 11 is 1.32. The number of hydrogen-bond acceptors (Lipinski definition) is 5. The Morgan fingerprint density at radius 2 is 1.91 bits per heavy atom. The molecule has 23 heavy (non-hydrogen) atoms. The summed E-state index contributed by atoms with van der Waals surface area (Å²) in [6.07, 6.45) is 5.23. The van der Waals surface area contributed by atoms with Gasteiger partial charge in [0, 0.05) is 24.1 Å². The van der Waals surface area contributed by atoms with Crippen LogP contribution in [0.1, 0.15) is 29.6 Å². The maximum Gasteiger partial charge on any atom is 0.342 e. The highest BCUT2D eigenvalue weighted by atomic mass is 32.2. The molecule has 2 amide bonds. The first-order valence-corrected chi connectivity index (χ1v) is 8.19. The zero-order valence-electron chi connectivity index (χ0n) is 12.7. The molecule has 1 aliphatic rings. The van der Waals surface area contributed by atoms with Crippen LogP contribution in [-0.2, 0) is 0 Å². The number of urea groups is 1. The van der Waals surface area contributed by atoms with Gasteiger partial charge in [-0.15, -0.1) is 11.8 Å². The van der Waals surface area contributed by atoms with E-state index >= 15 is 0 Å². The molecule has 0 spiro atoms. The summed E-state index contributed by atoms with van der Waals surface area (Å²) in [7, 11) is 0. The molecule has 8 nitrogen and oxygen atoms in total. The fourth-order valence-electron chi connectivity index (χ4n) is 2.08. The van der Waals surface area contributed by atoms with Crippen LogP contribution in [0.5, 0.6) is 0 Å². The van der Waals surface area contributed by atoms with Crippen molar-refractivity contribution in [2.24, 2.45) is 5.73 Å². The molecule has 0 aliphatic carbocycles. The van der Waals surface area contributed by atoms with Gasteiger partial charge in [0.2, 0.25) is 0 Å². The van der Waals surface area contributed by atoms with Gasteiger partial charge in [0.15, 0.2) is 0 Å². The van der Waals surface area contributed by atoms with E-state index in [4.69, 9.17) is 10.8 Å². The molecule has 2 rings (SSSR count). The number of piperidine rings is 1. The number of rotatable bonds is 3.